The number of para-hydroxylation sites is 1. The highest BCUT2D eigenvalue weighted by Gasteiger charge is 2.23. The number of halogens is 1. The van der Waals surface area contributed by atoms with Crippen molar-refractivity contribution in [3.05, 3.63) is 45.4 Å². The maximum atomic E-state index is 11.0. The molecule has 1 N–H and O–H groups in total. The highest BCUT2D eigenvalue weighted by Crippen LogP contribution is 2.35. The van der Waals surface area contributed by atoms with Gasteiger partial charge in [0.25, 0.3) is 0 Å². The monoisotopic (exact) mass is 305 g/mol. The van der Waals surface area contributed by atoms with Crippen molar-refractivity contribution in [3.63, 3.8) is 0 Å². The minimum atomic E-state index is -0.702. The Morgan fingerprint density at radius 3 is 2.86 bits per heavy atom. The number of ether oxygens (including phenoxy) is 1. The third kappa shape index (κ3) is 2.82. The number of anilines is 2. The van der Waals surface area contributed by atoms with E-state index in [1.54, 1.807) is 18.2 Å². The van der Waals surface area contributed by atoms with Crippen LogP contribution in [-0.4, -0.2) is 22.0 Å². The van der Waals surface area contributed by atoms with Crippen LogP contribution in [0.1, 0.15) is 5.56 Å². The fraction of sp³-hybridized carbons (Fsp3) is 0.0833. The second-order valence-corrected chi connectivity index (χ2v) is 4.10. The molecule has 0 aliphatic carbocycles. The summed E-state index contributed by atoms with van der Waals surface area (Å²) in [5, 5.41) is 22.6. The van der Waals surface area contributed by atoms with Gasteiger partial charge in [0.05, 0.1) is 17.6 Å². The molecule has 0 saturated heterocycles. The zero-order chi connectivity index (χ0) is 15.4. The molecule has 0 bridgehead atoms. The van der Waals surface area contributed by atoms with Gasteiger partial charge in [0.1, 0.15) is 23.8 Å². The minimum absolute atomic E-state index is 0.124. The molecule has 0 atom stereocenters. The molecule has 1 aromatic heterocycles. The lowest BCUT2D eigenvalue weighted by molar-refractivity contribution is -0.384. The topological polar surface area (TPSA) is 114 Å². The Balaban J connectivity index is 2.56. The van der Waals surface area contributed by atoms with Gasteiger partial charge in [0, 0.05) is 0 Å². The summed E-state index contributed by atoms with van der Waals surface area (Å²) in [4.78, 5) is 17.7. The largest absolute Gasteiger partial charge is 0.495 e. The molecule has 1 aromatic carbocycles. The number of aromatic nitrogens is 2. The Morgan fingerprint density at radius 1 is 1.48 bits per heavy atom. The standard InChI is InChI=1S/C12H8ClN5O3/c1-21-8-4-2-3-7(5-14)9(8)17-12-10(18(19)20)11(13)15-6-16-12/h2-4,6H,1H3,(H,15,16,17). The number of methoxy groups -OCH3 is 1. The van der Waals surface area contributed by atoms with Crippen molar-refractivity contribution in [2.45, 2.75) is 0 Å². The fourth-order valence-corrected chi connectivity index (χ4v) is 1.85. The second-order valence-electron chi connectivity index (χ2n) is 3.74. The first-order chi connectivity index (χ1) is 10.1. The van der Waals surface area contributed by atoms with Crippen molar-refractivity contribution >= 4 is 28.8 Å². The molecule has 0 saturated carbocycles. The third-order valence-electron chi connectivity index (χ3n) is 2.57. The number of hydrogen-bond donors (Lipinski definition) is 1. The average molecular weight is 306 g/mol. The van der Waals surface area contributed by atoms with Gasteiger partial charge in [-0.25, -0.2) is 9.97 Å². The molecule has 0 spiro atoms. The van der Waals surface area contributed by atoms with Crippen molar-refractivity contribution in [3.8, 4) is 11.8 Å². The summed E-state index contributed by atoms with van der Waals surface area (Å²) in [5.74, 6) is 0.221. The smallest absolute Gasteiger partial charge is 0.348 e. The Morgan fingerprint density at radius 2 is 2.24 bits per heavy atom. The fourth-order valence-electron chi connectivity index (χ4n) is 1.65. The lowest BCUT2D eigenvalue weighted by Gasteiger charge is -2.12. The van der Waals surface area contributed by atoms with Gasteiger partial charge in [-0.15, -0.1) is 0 Å². The molecule has 106 valence electrons. The van der Waals surface area contributed by atoms with E-state index in [2.05, 4.69) is 15.3 Å². The number of benzene rings is 1. The van der Waals surface area contributed by atoms with Crippen LogP contribution in [0.15, 0.2) is 24.5 Å². The van der Waals surface area contributed by atoms with Crippen LogP contribution in [0.5, 0.6) is 5.75 Å². The first kappa shape index (κ1) is 14.5. The third-order valence-corrected chi connectivity index (χ3v) is 2.85. The molecular weight excluding hydrogens is 298 g/mol. The Kier molecular flexibility index (Phi) is 4.15. The molecule has 0 radical (unpaired) electrons. The Hall–Kier alpha value is -2.92. The van der Waals surface area contributed by atoms with E-state index in [0.717, 1.165) is 6.33 Å². The van der Waals surface area contributed by atoms with Crippen LogP contribution in [0, 0.1) is 21.4 Å². The van der Waals surface area contributed by atoms with Crippen LogP contribution < -0.4 is 10.1 Å². The summed E-state index contributed by atoms with van der Waals surface area (Å²) < 4.78 is 5.13. The predicted molar refractivity (Wildman–Crippen MR) is 74.7 cm³/mol. The average Bonchev–Trinajstić information content (AvgIpc) is 2.47. The highest BCUT2D eigenvalue weighted by atomic mass is 35.5. The first-order valence-electron chi connectivity index (χ1n) is 5.57. The highest BCUT2D eigenvalue weighted by molar-refractivity contribution is 6.31. The minimum Gasteiger partial charge on any atom is -0.495 e. The molecule has 0 aliphatic heterocycles. The molecule has 0 amide bonds. The van der Waals surface area contributed by atoms with Gasteiger partial charge in [0.2, 0.25) is 11.0 Å². The molecule has 2 aromatic rings. The predicted octanol–water partition coefficient (Wildman–Crippen LogP) is 2.66. The van der Waals surface area contributed by atoms with Gasteiger partial charge in [0.15, 0.2) is 0 Å². The van der Waals surface area contributed by atoms with Crippen molar-refractivity contribution < 1.29 is 9.66 Å². The van der Waals surface area contributed by atoms with Gasteiger partial charge in [-0.1, -0.05) is 17.7 Å². The number of nitrogens with zero attached hydrogens (tertiary/aromatic N) is 4. The summed E-state index contributed by atoms with van der Waals surface area (Å²) in [6.45, 7) is 0. The zero-order valence-electron chi connectivity index (χ0n) is 10.7. The molecule has 9 heteroatoms. The molecule has 8 nitrogen and oxygen atoms in total. The number of rotatable bonds is 4. The normalized spacial score (nSPS) is 9.76. The maximum absolute atomic E-state index is 11.0. The summed E-state index contributed by atoms with van der Waals surface area (Å²) in [7, 11) is 1.42. The van der Waals surface area contributed by atoms with E-state index in [9.17, 15) is 10.1 Å². The van der Waals surface area contributed by atoms with Gasteiger partial charge < -0.3 is 10.1 Å². The zero-order valence-corrected chi connectivity index (χ0v) is 11.5. The number of nitriles is 1. The van der Waals surface area contributed by atoms with E-state index in [-0.39, 0.29) is 22.2 Å². The van der Waals surface area contributed by atoms with Crippen LogP contribution in [0.2, 0.25) is 5.15 Å². The summed E-state index contributed by atoms with van der Waals surface area (Å²) >= 11 is 5.71. The number of hydrogen-bond acceptors (Lipinski definition) is 7. The first-order valence-corrected chi connectivity index (χ1v) is 5.95. The van der Waals surface area contributed by atoms with Crippen LogP contribution in [-0.2, 0) is 0 Å². The van der Waals surface area contributed by atoms with Gasteiger partial charge >= 0.3 is 5.69 Å². The maximum Gasteiger partial charge on any atom is 0.348 e. The van der Waals surface area contributed by atoms with Crippen molar-refractivity contribution in [1.29, 1.82) is 5.26 Å². The lowest BCUT2D eigenvalue weighted by Crippen LogP contribution is -2.04. The molecule has 0 unspecified atom stereocenters. The van der Waals surface area contributed by atoms with Crippen molar-refractivity contribution in [1.82, 2.24) is 9.97 Å². The Labute approximate surface area is 124 Å². The van der Waals surface area contributed by atoms with Gasteiger partial charge in [-0.2, -0.15) is 5.26 Å². The van der Waals surface area contributed by atoms with Crippen molar-refractivity contribution in [2.24, 2.45) is 0 Å². The number of nitrogens with one attached hydrogen (secondary N) is 1. The molecular formula is C12H8ClN5O3. The van der Waals surface area contributed by atoms with Crippen LogP contribution >= 0.6 is 11.6 Å². The summed E-state index contributed by atoms with van der Waals surface area (Å²) in [6.07, 6.45) is 1.08. The second kappa shape index (κ2) is 6.02. The van der Waals surface area contributed by atoms with Crippen LogP contribution in [0.25, 0.3) is 0 Å². The SMILES string of the molecule is COc1cccc(C#N)c1Nc1ncnc(Cl)c1[N+](=O)[O-]. The van der Waals surface area contributed by atoms with Crippen molar-refractivity contribution in [2.75, 3.05) is 12.4 Å². The van der Waals surface area contributed by atoms with Gasteiger partial charge in [-0.3, -0.25) is 10.1 Å². The summed E-state index contributed by atoms with van der Waals surface area (Å²) in [6, 6.07) is 6.74. The molecule has 2 rings (SSSR count). The molecule has 0 aliphatic rings. The quantitative estimate of drug-likeness (QED) is 0.524. The molecule has 0 fully saturated rings. The van der Waals surface area contributed by atoms with E-state index >= 15 is 0 Å². The Bertz CT molecular complexity index is 744. The van der Waals surface area contributed by atoms with E-state index in [4.69, 9.17) is 21.6 Å². The van der Waals surface area contributed by atoms with Crippen LogP contribution in [0.3, 0.4) is 0 Å². The van der Waals surface area contributed by atoms with Crippen LogP contribution in [0.4, 0.5) is 17.2 Å². The van der Waals surface area contributed by atoms with E-state index < -0.39 is 10.6 Å². The molecule has 21 heavy (non-hydrogen) atoms. The van der Waals surface area contributed by atoms with E-state index in [0.29, 0.717) is 5.75 Å². The van der Waals surface area contributed by atoms with E-state index in [1.807, 2.05) is 6.07 Å². The van der Waals surface area contributed by atoms with E-state index in [1.165, 1.54) is 7.11 Å². The summed E-state index contributed by atoms with van der Waals surface area (Å²) in [5.41, 5.74) is 0.0349. The lowest BCUT2D eigenvalue weighted by atomic mass is 10.1. The molecule has 1 heterocycles. The van der Waals surface area contributed by atoms with Gasteiger partial charge in [-0.05, 0) is 12.1 Å². The number of nitro groups is 1.